The summed E-state index contributed by atoms with van der Waals surface area (Å²) in [5.74, 6) is 0.268. The fourth-order valence-electron chi connectivity index (χ4n) is 2.87. The number of anilines is 1. The van der Waals surface area contributed by atoms with E-state index in [2.05, 4.69) is 4.90 Å². The molecule has 0 N–H and O–H groups in total. The number of thiazole rings is 1. The molecule has 5 nitrogen and oxygen atoms in total. The van der Waals surface area contributed by atoms with Crippen LogP contribution in [0.1, 0.15) is 12.0 Å². The molecule has 2 aromatic carbocycles. The first-order valence-corrected chi connectivity index (χ1v) is 10.8. The maximum Gasteiger partial charge on any atom is 0.266 e. The zero-order chi connectivity index (χ0) is 21.0. The number of nitrogens with zero attached hydrogens (tertiary/aromatic N) is 3. The van der Waals surface area contributed by atoms with E-state index in [1.807, 2.05) is 39.2 Å². The summed E-state index contributed by atoms with van der Waals surface area (Å²) in [4.78, 5) is 21.5. The van der Waals surface area contributed by atoms with Crippen LogP contribution in [0, 0.1) is 6.92 Å². The highest BCUT2D eigenvalue weighted by atomic mass is 35.5. The number of amides is 1. The maximum absolute atomic E-state index is 13.0. The molecular weight excluding hydrogens is 429 g/mol. The van der Waals surface area contributed by atoms with Crippen molar-refractivity contribution in [3.05, 3.63) is 52.0 Å². The molecule has 3 aromatic rings. The summed E-state index contributed by atoms with van der Waals surface area (Å²) in [5.41, 5.74) is 2.02. The zero-order valence-electron chi connectivity index (χ0n) is 16.6. The van der Waals surface area contributed by atoms with Crippen molar-refractivity contribution in [3.63, 3.8) is 0 Å². The van der Waals surface area contributed by atoms with E-state index in [0.29, 0.717) is 27.5 Å². The van der Waals surface area contributed by atoms with Crippen molar-refractivity contribution in [3.8, 4) is 5.75 Å². The molecule has 154 valence electrons. The molecule has 29 heavy (non-hydrogen) atoms. The van der Waals surface area contributed by atoms with Gasteiger partial charge in [-0.05, 0) is 63.8 Å². The Kier molecular flexibility index (Phi) is 7.35. The molecule has 0 radical (unpaired) electrons. The molecule has 0 fully saturated rings. The smallest absolute Gasteiger partial charge is 0.266 e. The molecule has 0 saturated heterocycles. The normalized spacial score (nSPS) is 11.2. The summed E-state index contributed by atoms with van der Waals surface area (Å²) >= 11 is 13.6. The number of aryl methyl sites for hydroxylation is 1. The van der Waals surface area contributed by atoms with Crippen LogP contribution < -0.4 is 9.64 Å². The van der Waals surface area contributed by atoms with Gasteiger partial charge in [0, 0.05) is 11.6 Å². The Hall–Kier alpha value is -1.86. The third kappa shape index (κ3) is 5.60. The van der Waals surface area contributed by atoms with Gasteiger partial charge in [0.05, 0.1) is 15.2 Å². The summed E-state index contributed by atoms with van der Waals surface area (Å²) < 4.78 is 6.73. The largest absolute Gasteiger partial charge is 0.482 e. The van der Waals surface area contributed by atoms with Gasteiger partial charge in [-0.2, -0.15) is 0 Å². The third-order valence-corrected chi connectivity index (χ3v) is 5.95. The van der Waals surface area contributed by atoms with E-state index in [9.17, 15) is 4.79 Å². The fraction of sp³-hybridized carbons (Fsp3) is 0.333. The Bertz CT molecular complexity index is 1010. The molecule has 1 amide bonds. The van der Waals surface area contributed by atoms with Crippen LogP contribution in [0.2, 0.25) is 10.0 Å². The van der Waals surface area contributed by atoms with Crippen LogP contribution in [0.4, 0.5) is 5.13 Å². The number of aromatic nitrogens is 1. The molecule has 0 saturated carbocycles. The van der Waals surface area contributed by atoms with E-state index in [-0.39, 0.29) is 12.5 Å². The van der Waals surface area contributed by atoms with Crippen LogP contribution in [0.5, 0.6) is 5.75 Å². The van der Waals surface area contributed by atoms with Gasteiger partial charge in [0.1, 0.15) is 5.75 Å². The van der Waals surface area contributed by atoms with Crippen molar-refractivity contribution in [2.45, 2.75) is 13.3 Å². The SMILES string of the molecule is Cc1cccc2sc(N(CCCN(C)C)C(=O)COc3ccc(Cl)cc3Cl)nc12. The molecule has 0 aliphatic carbocycles. The first kappa shape index (κ1) is 21.8. The average molecular weight is 452 g/mol. The van der Waals surface area contributed by atoms with Gasteiger partial charge >= 0.3 is 0 Å². The van der Waals surface area contributed by atoms with Crippen molar-refractivity contribution in [2.24, 2.45) is 0 Å². The number of hydrogen-bond donors (Lipinski definition) is 0. The summed E-state index contributed by atoms with van der Waals surface area (Å²) in [6, 6.07) is 11.0. The topological polar surface area (TPSA) is 45.7 Å². The number of benzene rings is 2. The van der Waals surface area contributed by atoms with Crippen LogP contribution in [0.25, 0.3) is 10.2 Å². The Morgan fingerprint density at radius 3 is 2.66 bits per heavy atom. The van der Waals surface area contributed by atoms with Crippen LogP contribution >= 0.6 is 34.5 Å². The van der Waals surface area contributed by atoms with Crippen molar-refractivity contribution >= 4 is 55.8 Å². The second kappa shape index (κ2) is 9.76. The molecule has 8 heteroatoms. The minimum Gasteiger partial charge on any atom is -0.482 e. The number of rotatable bonds is 8. The Morgan fingerprint density at radius 1 is 1.17 bits per heavy atom. The minimum absolute atomic E-state index is 0.127. The molecule has 0 aliphatic rings. The Labute approximate surface area is 184 Å². The molecule has 3 rings (SSSR count). The highest BCUT2D eigenvalue weighted by molar-refractivity contribution is 7.22. The minimum atomic E-state index is -0.161. The van der Waals surface area contributed by atoms with Gasteiger partial charge < -0.3 is 9.64 Å². The molecule has 0 bridgehead atoms. The van der Waals surface area contributed by atoms with Gasteiger partial charge in [-0.25, -0.2) is 4.98 Å². The lowest BCUT2D eigenvalue weighted by Crippen LogP contribution is -2.36. The average Bonchev–Trinajstić information content (AvgIpc) is 3.09. The first-order valence-electron chi connectivity index (χ1n) is 9.24. The van der Waals surface area contributed by atoms with E-state index in [4.69, 9.17) is 32.9 Å². The Morgan fingerprint density at radius 2 is 1.97 bits per heavy atom. The van der Waals surface area contributed by atoms with Crippen molar-refractivity contribution < 1.29 is 9.53 Å². The number of fused-ring (bicyclic) bond motifs is 1. The number of ether oxygens (including phenoxy) is 1. The molecule has 1 aromatic heterocycles. The van der Waals surface area contributed by atoms with Crippen molar-refractivity contribution in [1.29, 1.82) is 0 Å². The highest BCUT2D eigenvalue weighted by Crippen LogP contribution is 2.31. The van der Waals surface area contributed by atoms with Crippen molar-refractivity contribution in [2.75, 3.05) is 38.7 Å². The second-order valence-electron chi connectivity index (χ2n) is 6.98. The summed E-state index contributed by atoms with van der Waals surface area (Å²) in [6.07, 6.45) is 0.829. The van der Waals surface area contributed by atoms with Gasteiger partial charge in [0.2, 0.25) is 0 Å². The van der Waals surface area contributed by atoms with Gasteiger partial charge in [0.25, 0.3) is 5.91 Å². The first-order chi connectivity index (χ1) is 13.8. The van der Waals surface area contributed by atoms with Crippen LogP contribution in [0.15, 0.2) is 36.4 Å². The highest BCUT2D eigenvalue weighted by Gasteiger charge is 2.21. The second-order valence-corrected chi connectivity index (χ2v) is 8.84. The maximum atomic E-state index is 13.0. The van der Waals surface area contributed by atoms with E-state index in [1.54, 1.807) is 23.1 Å². The number of carbonyl (C=O) groups excluding carboxylic acids is 1. The number of halogens is 2. The van der Waals surface area contributed by atoms with E-state index in [1.165, 1.54) is 11.3 Å². The lowest BCUT2D eigenvalue weighted by molar-refractivity contribution is -0.120. The zero-order valence-corrected chi connectivity index (χ0v) is 18.9. The number of hydrogen-bond acceptors (Lipinski definition) is 5. The van der Waals surface area contributed by atoms with E-state index in [0.717, 1.165) is 28.7 Å². The quantitative estimate of drug-likeness (QED) is 0.467. The predicted octanol–water partition coefficient (Wildman–Crippen LogP) is 5.28. The van der Waals surface area contributed by atoms with Gasteiger partial charge in [-0.3, -0.25) is 9.69 Å². The lowest BCUT2D eigenvalue weighted by Gasteiger charge is -2.21. The van der Waals surface area contributed by atoms with Crippen LogP contribution in [-0.2, 0) is 4.79 Å². The third-order valence-electron chi connectivity index (χ3n) is 4.37. The fourth-order valence-corrected chi connectivity index (χ4v) is 4.42. The van der Waals surface area contributed by atoms with E-state index < -0.39 is 0 Å². The summed E-state index contributed by atoms with van der Waals surface area (Å²) in [5, 5.41) is 1.58. The molecular formula is C21H23Cl2N3O2S. The molecule has 0 atom stereocenters. The van der Waals surface area contributed by atoms with Gasteiger partial charge in [0.15, 0.2) is 11.7 Å². The van der Waals surface area contributed by atoms with Crippen LogP contribution in [-0.4, -0.2) is 49.6 Å². The summed E-state index contributed by atoms with van der Waals surface area (Å²) in [6.45, 7) is 3.33. The number of carbonyl (C=O) groups is 1. The number of para-hydroxylation sites is 1. The molecule has 0 unspecified atom stereocenters. The van der Waals surface area contributed by atoms with Gasteiger partial charge in [-0.15, -0.1) is 0 Å². The monoisotopic (exact) mass is 451 g/mol. The van der Waals surface area contributed by atoms with Gasteiger partial charge in [-0.1, -0.05) is 46.7 Å². The predicted molar refractivity (Wildman–Crippen MR) is 122 cm³/mol. The molecule has 1 heterocycles. The molecule has 0 spiro atoms. The Balaban J connectivity index is 1.79. The van der Waals surface area contributed by atoms with Crippen molar-refractivity contribution in [1.82, 2.24) is 9.88 Å². The summed E-state index contributed by atoms with van der Waals surface area (Å²) in [7, 11) is 4.03. The lowest BCUT2D eigenvalue weighted by atomic mass is 10.2. The molecule has 0 aliphatic heterocycles. The standard InChI is InChI=1S/C21H23Cl2N3O2S/c1-14-6-4-7-18-20(14)24-21(29-18)26(11-5-10-25(2)3)19(27)13-28-17-9-8-15(22)12-16(17)23/h4,6-9,12H,5,10-11,13H2,1-3H3. The van der Waals surface area contributed by atoms with Crippen LogP contribution in [0.3, 0.4) is 0 Å². The van der Waals surface area contributed by atoms with E-state index >= 15 is 0 Å².